The number of aromatic nitrogens is 1. The van der Waals surface area contributed by atoms with E-state index in [0.717, 1.165) is 37.5 Å². The van der Waals surface area contributed by atoms with Crippen LogP contribution in [0.1, 0.15) is 21.9 Å². The highest BCUT2D eigenvalue weighted by atomic mass is 35.5. The number of carbonyl (C=O) groups is 1. The lowest BCUT2D eigenvalue weighted by atomic mass is 10.3. The molecule has 3 N–H and O–H groups in total. The Kier molecular flexibility index (Phi) is 15.3. The highest BCUT2D eigenvalue weighted by Crippen LogP contribution is 2.09. The topological polar surface area (TPSA) is 80.5 Å². The molecule has 9 heteroatoms. The quantitative estimate of drug-likeness (QED) is 0.602. The smallest absolute Gasteiger partial charge is 0.270 e. The van der Waals surface area contributed by atoms with Gasteiger partial charge in [0, 0.05) is 32.0 Å². The number of thiazole rings is 1. The van der Waals surface area contributed by atoms with Crippen LogP contribution in [0, 0.1) is 0 Å². The van der Waals surface area contributed by atoms with Gasteiger partial charge in [0.2, 0.25) is 0 Å². The van der Waals surface area contributed by atoms with Crippen molar-refractivity contribution in [2.45, 2.75) is 12.8 Å². The number of likely N-dealkylation sites (N-methyl/N-ethyl adjacent to an activating group) is 1. The van der Waals surface area contributed by atoms with Crippen LogP contribution in [-0.4, -0.2) is 62.7 Å². The van der Waals surface area contributed by atoms with Crippen molar-refractivity contribution in [3.63, 3.8) is 0 Å². The number of nitrogens with one attached hydrogen (secondary N) is 1. The first-order chi connectivity index (χ1) is 9.67. The summed E-state index contributed by atoms with van der Waals surface area (Å²) in [7, 11) is 3.74. The van der Waals surface area contributed by atoms with Gasteiger partial charge in [-0.2, -0.15) is 0 Å². The van der Waals surface area contributed by atoms with E-state index >= 15 is 0 Å². The molecule has 0 saturated heterocycles. The molecule has 130 valence electrons. The van der Waals surface area contributed by atoms with Crippen molar-refractivity contribution >= 4 is 42.1 Å². The number of rotatable bonds is 10. The van der Waals surface area contributed by atoms with Gasteiger partial charge in [0.15, 0.2) is 0 Å². The molecule has 1 rings (SSSR count). The molecule has 0 aliphatic carbocycles. The second kappa shape index (κ2) is 14.2. The maximum absolute atomic E-state index is 11.8. The molecule has 6 nitrogen and oxygen atoms in total. The van der Waals surface area contributed by atoms with E-state index in [1.54, 1.807) is 12.5 Å². The zero-order valence-corrected chi connectivity index (χ0v) is 15.5. The molecule has 0 bridgehead atoms. The number of nitrogens with zero attached hydrogens (tertiary/aromatic N) is 2. The number of nitrogens with two attached hydrogens (primary N) is 1. The predicted octanol–water partition coefficient (Wildman–Crippen LogP) is 1.19. The highest BCUT2D eigenvalue weighted by molar-refractivity contribution is 7.09. The molecule has 0 radical (unpaired) electrons. The van der Waals surface area contributed by atoms with Crippen LogP contribution >= 0.6 is 36.2 Å². The molecule has 0 aliphatic heterocycles. The van der Waals surface area contributed by atoms with Gasteiger partial charge in [-0.15, -0.1) is 36.2 Å². The van der Waals surface area contributed by atoms with Crippen molar-refractivity contribution in [2.24, 2.45) is 5.73 Å². The summed E-state index contributed by atoms with van der Waals surface area (Å²) in [6.45, 7) is 3.77. The standard InChI is InChI=1S/C13H24N4O2S.2ClH/c1-17(8-9-19-2)7-3-6-15-13(18)11-10-20-12(16-11)4-5-14;;/h10H,3-9,14H2,1-2H3,(H,15,18);2*1H. The Morgan fingerprint density at radius 3 is 2.82 bits per heavy atom. The molecule has 22 heavy (non-hydrogen) atoms. The minimum Gasteiger partial charge on any atom is -0.383 e. The summed E-state index contributed by atoms with van der Waals surface area (Å²) >= 11 is 1.48. The molecule has 0 unspecified atom stereocenters. The first-order valence-corrected chi connectivity index (χ1v) is 7.65. The molecule has 0 aromatic carbocycles. The molecule has 0 saturated carbocycles. The predicted molar refractivity (Wildman–Crippen MR) is 95.7 cm³/mol. The number of methoxy groups -OCH3 is 1. The van der Waals surface area contributed by atoms with Crippen molar-refractivity contribution in [1.29, 1.82) is 0 Å². The van der Waals surface area contributed by atoms with E-state index in [-0.39, 0.29) is 30.7 Å². The van der Waals surface area contributed by atoms with Gasteiger partial charge >= 0.3 is 0 Å². The van der Waals surface area contributed by atoms with Crippen molar-refractivity contribution in [1.82, 2.24) is 15.2 Å². The molecule has 0 aliphatic rings. The Morgan fingerprint density at radius 1 is 1.45 bits per heavy atom. The zero-order valence-electron chi connectivity index (χ0n) is 13.0. The average molecular weight is 373 g/mol. The maximum atomic E-state index is 11.8. The fourth-order valence-electron chi connectivity index (χ4n) is 1.65. The number of amides is 1. The van der Waals surface area contributed by atoms with Crippen LogP contribution < -0.4 is 11.1 Å². The summed E-state index contributed by atoms with van der Waals surface area (Å²) in [5.74, 6) is -0.107. The van der Waals surface area contributed by atoms with Crippen LogP contribution in [0.3, 0.4) is 0 Å². The van der Waals surface area contributed by atoms with E-state index < -0.39 is 0 Å². The summed E-state index contributed by atoms with van der Waals surface area (Å²) in [4.78, 5) is 18.3. The zero-order chi connectivity index (χ0) is 14.8. The maximum Gasteiger partial charge on any atom is 0.270 e. The Morgan fingerprint density at radius 2 is 2.18 bits per heavy atom. The van der Waals surface area contributed by atoms with E-state index in [1.165, 1.54) is 11.3 Å². The lowest BCUT2D eigenvalue weighted by Crippen LogP contribution is -2.29. The van der Waals surface area contributed by atoms with Crippen molar-refractivity contribution in [2.75, 3.05) is 46.9 Å². The fraction of sp³-hybridized carbons (Fsp3) is 0.692. The van der Waals surface area contributed by atoms with E-state index in [9.17, 15) is 4.79 Å². The van der Waals surface area contributed by atoms with Crippen molar-refractivity contribution in [3.8, 4) is 0 Å². The average Bonchev–Trinajstić information content (AvgIpc) is 2.90. The van der Waals surface area contributed by atoms with Gasteiger partial charge in [-0.1, -0.05) is 0 Å². The van der Waals surface area contributed by atoms with Crippen LogP contribution in [0.25, 0.3) is 0 Å². The third kappa shape index (κ3) is 9.55. The Labute approximate surface area is 148 Å². The third-order valence-electron chi connectivity index (χ3n) is 2.82. The van der Waals surface area contributed by atoms with Crippen molar-refractivity contribution in [3.05, 3.63) is 16.1 Å². The normalized spacial score (nSPS) is 10.0. The fourth-order valence-corrected chi connectivity index (χ4v) is 2.45. The molecular weight excluding hydrogens is 347 g/mol. The summed E-state index contributed by atoms with van der Waals surface area (Å²) in [6, 6.07) is 0. The molecule has 0 spiro atoms. The van der Waals surface area contributed by atoms with Crippen LogP contribution in [-0.2, 0) is 11.2 Å². The minimum absolute atomic E-state index is 0. The summed E-state index contributed by atoms with van der Waals surface area (Å²) in [6.07, 6.45) is 1.63. The monoisotopic (exact) mass is 372 g/mol. The Bertz CT molecular complexity index is 407. The van der Waals surface area contributed by atoms with Gasteiger partial charge in [-0.05, 0) is 26.6 Å². The Balaban J connectivity index is 0. The third-order valence-corrected chi connectivity index (χ3v) is 3.73. The summed E-state index contributed by atoms with van der Waals surface area (Å²) < 4.78 is 5.01. The van der Waals surface area contributed by atoms with Gasteiger partial charge in [0.1, 0.15) is 5.69 Å². The molecular formula is C13H26Cl2N4O2S. The SMILES string of the molecule is COCCN(C)CCCNC(=O)c1csc(CCN)n1.Cl.Cl. The van der Waals surface area contributed by atoms with Crippen LogP contribution in [0.2, 0.25) is 0 Å². The summed E-state index contributed by atoms with van der Waals surface area (Å²) in [5.41, 5.74) is 5.95. The molecule has 0 atom stereocenters. The highest BCUT2D eigenvalue weighted by Gasteiger charge is 2.09. The van der Waals surface area contributed by atoms with Crippen LogP contribution in [0.5, 0.6) is 0 Å². The molecule has 0 fully saturated rings. The second-order valence-electron chi connectivity index (χ2n) is 4.57. The Hall–Kier alpha value is -0.440. The number of ether oxygens (including phenoxy) is 1. The molecule has 1 heterocycles. The molecule has 1 amide bonds. The number of halogens is 2. The van der Waals surface area contributed by atoms with Gasteiger partial charge in [-0.25, -0.2) is 4.98 Å². The lowest BCUT2D eigenvalue weighted by Gasteiger charge is -2.15. The molecule has 1 aromatic rings. The largest absolute Gasteiger partial charge is 0.383 e. The number of carbonyl (C=O) groups excluding carboxylic acids is 1. The summed E-state index contributed by atoms with van der Waals surface area (Å²) in [5, 5.41) is 5.58. The van der Waals surface area contributed by atoms with Crippen molar-refractivity contribution < 1.29 is 9.53 Å². The first kappa shape index (κ1) is 23.8. The number of hydrogen-bond donors (Lipinski definition) is 2. The van der Waals surface area contributed by atoms with Gasteiger partial charge in [0.25, 0.3) is 5.91 Å². The van der Waals surface area contributed by atoms with E-state index in [1.807, 2.05) is 7.05 Å². The second-order valence-corrected chi connectivity index (χ2v) is 5.51. The van der Waals surface area contributed by atoms with Gasteiger partial charge < -0.3 is 20.7 Å². The van der Waals surface area contributed by atoms with Crippen LogP contribution in [0.15, 0.2) is 5.38 Å². The first-order valence-electron chi connectivity index (χ1n) is 6.77. The van der Waals surface area contributed by atoms with E-state index in [4.69, 9.17) is 10.5 Å². The number of hydrogen-bond acceptors (Lipinski definition) is 6. The minimum atomic E-state index is -0.107. The molecule has 1 aromatic heterocycles. The lowest BCUT2D eigenvalue weighted by molar-refractivity contribution is 0.0946. The van der Waals surface area contributed by atoms with Gasteiger partial charge in [-0.3, -0.25) is 4.79 Å². The van der Waals surface area contributed by atoms with E-state index in [0.29, 0.717) is 18.8 Å². The van der Waals surface area contributed by atoms with Gasteiger partial charge in [0.05, 0.1) is 11.6 Å². The van der Waals surface area contributed by atoms with Crippen LogP contribution in [0.4, 0.5) is 0 Å². The van der Waals surface area contributed by atoms with E-state index in [2.05, 4.69) is 15.2 Å².